The summed E-state index contributed by atoms with van der Waals surface area (Å²) in [5.41, 5.74) is 3.71. The predicted octanol–water partition coefficient (Wildman–Crippen LogP) is 3.42. The number of morpholine rings is 1. The first-order valence-electron chi connectivity index (χ1n) is 9.17. The Bertz CT molecular complexity index is 716. The fraction of sp³-hybridized carbons (Fsp3) is 0.500. The lowest BCUT2D eigenvalue weighted by Gasteiger charge is -2.27. The van der Waals surface area contributed by atoms with E-state index in [-0.39, 0.29) is 11.8 Å². The van der Waals surface area contributed by atoms with E-state index in [1.54, 1.807) is 0 Å². The fourth-order valence-electron chi connectivity index (χ4n) is 3.35. The van der Waals surface area contributed by atoms with Gasteiger partial charge in [0.25, 0.3) is 5.91 Å². The topological polar surface area (TPSA) is 47.4 Å². The van der Waals surface area contributed by atoms with Crippen molar-refractivity contribution >= 4 is 5.91 Å². The molecule has 0 unspecified atom stereocenters. The summed E-state index contributed by atoms with van der Waals surface area (Å²) < 4.78 is 7.36. The molecule has 0 atom stereocenters. The van der Waals surface area contributed by atoms with Crippen LogP contribution in [-0.2, 0) is 11.2 Å². The Morgan fingerprint density at radius 3 is 2.48 bits per heavy atom. The molecule has 1 amide bonds. The molecule has 0 bridgehead atoms. The van der Waals surface area contributed by atoms with E-state index in [0.29, 0.717) is 26.3 Å². The maximum absolute atomic E-state index is 13.3. The maximum atomic E-state index is 13.3. The number of nitrogens with zero attached hydrogens (tertiary/aromatic N) is 3. The van der Waals surface area contributed by atoms with Gasteiger partial charge in [-0.1, -0.05) is 45.4 Å². The van der Waals surface area contributed by atoms with E-state index in [9.17, 15) is 4.79 Å². The molecular weight excluding hydrogens is 314 g/mol. The third-order valence-electron chi connectivity index (χ3n) is 4.54. The number of amides is 1. The van der Waals surface area contributed by atoms with Gasteiger partial charge in [-0.25, -0.2) is 4.68 Å². The summed E-state index contributed by atoms with van der Waals surface area (Å²) in [6.45, 7) is 8.90. The molecule has 1 aromatic carbocycles. The molecule has 0 radical (unpaired) electrons. The highest BCUT2D eigenvalue weighted by atomic mass is 16.5. The number of hydrogen-bond acceptors (Lipinski definition) is 3. The van der Waals surface area contributed by atoms with Crippen molar-refractivity contribution in [1.82, 2.24) is 14.7 Å². The number of ether oxygens (including phenoxy) is 1. The summed E-state index contributed by atoms with van der Waals surface area (Å²) in [7, 11) is 0. The van der Waals surface area contributed by atoms with Crippen molar-refractivity contribution in [3.8, 4) is 5.69 Å². The Kier molecular flexibility index (Phi) is 5.53. The second kappa shape index (κ2) is 7.83. The van der Waals surface area contributed by atoms with Crippen molar-refractivity contribution in [1.29, 1.82) is 0 Å². The molecule has 5 heteroatoms. The van der Waals surface area contributed by atoms with Gasteiger partial charge in [0.2, 0.25) is 0 Å². The quantitative estimate of drug-likeness (QED) is 0.837. The van der Waals surface area contributed by atoms with Gasteiger partial charge in [0.05, 0.1) is 35.9 Å². The highest BCUT2D eigenvalue weighted by molar-refractivity contribution is 5.97. The number of carbonyl (C=O) groups excluding carboxylic acids is 1. The van der Waals surface area contributed by atoms with Crippen LogP contribution in [0.25, 0.3) is 5.69 Å². The minimum absolute atomic E-state index is 0.0950. The molecule has 5 nitrogen and oxygen atoms in total. The average molecular weight is 341 g/mol. The zero-order chi connectivity index (χ0) is 17.8. The second-order valence-electron chi connectivity index (χ2n) is 6.76. The molecule has 1 fully saturated rings. The summed E-state index contributed by atoms with van der Waals surface area (Å²) in [4.78, 5) is 15.2. The van der Waals surface area contributed by atoms with E-state index in [4.69, 9.17) is 9.84 Å². The normalized spacial score (nSPS) is 15.0. The van der Waals surface area contributed by atoms with Crippen LogP contribution in [0.2, 0.25) is 0 Å². The van der Waals surface area contributed by atoms with E-state index in [1.807, 2.05) is 39.9 Å². The lowest BCUT2D eigenvalue weighted by Crippen LogP contribution is -2.41. The van der Waals surface area contributed by atoms with E-state index in [0.717, 1.165) is 35.5 Å². The molecule has 0 spiro atoms. The molecule has 1 saturated heterocycles. The average Bonchev–Trinajstić information content (AvgIpc) is 3.02. The summed E-state index contributed by atoms with van der Waals surface area (Å²) in [6, 6.07) is 10.1. The van der Waals surface area contributed by atoms with Crippen molar-refractivity contribution in [3.63, 3.8) is 0 Å². The van der Waals surface area contributed by atoms with Crippen LogP contribution in [0.4, 0.5) is 0 Å². The molecule has 1 aliphatic heterocycles. The lowest BCUT2D eigenvalue weighted by atomic mass is 10.00. The molecule has 1 aliphatic rings. The Hall–Kier alpha value is -2.14. The van der Waals surface area contributed by atoms with Crippen molar-refractivity contribution in [3.05, 3.63) is 47.3 Å². The predicted molar refractivity (Wildman–Crippen MR) is 98.4 cm³/mol. The third-order valence-corrected chi connectivity index (χ3v) is 4.54. The highest BCUT2D eigenvalue weighted by Crippen LogP contribution is 2.28. The van der Waals surface area contributed by atoms with E-state index >= 15 is 0 Å². The van der Waals surface area contributed by atoms with E-state index in [1.165, 1.54) is 0 Å². The Morgan fingerprint density at radius 2 is 1.88 bits per heavy atom. The zero-order valence-electron chi connectivity index (χ0n) is 15.4. The van der Waals surface area contributed by atoms with E-state index in [2.05, 4.69) is 20.8 Å². The number of aromatic nitrogens is 2. The highest BCUT2D eigenvalue weighted by Gasteiger charge is 2.29. The van der Waals surface area contributed by atoms with Crippen molar-refractivity contribution in [2.75, 3.05) is 26.3 Å². The van der Waals surface area contributed by atoms with Crippen molar-refractivity contribution in [2.24, 2.45) is 0 Å². The van der Waals surface area contributed by atoms with Gasteiger partial charge in [-0.15, -0.1) is 0 Å². The van der Waals surface area contributed by atoms with Crippen molar-refractivity contribution in [2.45, 2.75) is 39.5 Å². The molecule has 2 aromatic rings. The monoisotopic (exact) mass is 341 g/mol. The van der Waals surface area contributed by atoms with Crippen molar-refractivity contribution < 1.29 is 9.53 Å². The van der Waals surface area contributed by atoms with Gasteiger partial charge in [0.15, 0.2) is 0 Å². The van der Waals surface area contributed by atoms with Gasteiger partial charge in [0, 0.05) is 13.1 Å². The lowest BCUT2D eigenvalue weighted by molar-refractivity contribution is 0.0301. The van der Waals surface area contributed by atoms with E-state index < -0.39 is 0 Å². The van der Waals surface area contributed by atoms with Crippen LogP contribution in [-0.4, -0.2) is 46.9 Å². The van der Waals surface area contributed by atoms with Crippen LogP contribution in [0, 0.1) is 0 Å². The molecule has 3 rings (SSSR count). The van der Waals surface area contributed by atoms with Crippen LogP contribution in [0.3, 0.4) is 0 Å². The van der Waals surface area contributed by atoms with Gasteiger partial charge in [-0.05, 0) is 24.5 Å². The summed E-state index contributed by atoms with van der Waals surface area (Å²) in [5, 5.41) is 4.85. The van der Waals surface area contributed by atoms with Crippen LogP contribution < -0.4 is 0 Å². The molecule has 0 saturated carbocycles. The first-order chi connectivity index (χ1) is 12.1. The number of benzene rings is 1. The second-order valence-corrected chi connectivity index (χ2v) is 6.76. The van der Waals surface area contributed by atoms with Crippen LogP contribution in [0.5, 0.6) is 0 Å². The molecule has 134 valence electrons. The molecule has 0 aliphatic carbocycles. The Balaban J connectivity index is 2.11. The van der Waals surface area contributed by atoms with Crippen LogP contribution in [0.15, 0.2) is 30.3 Å². The number of hydrogen-bond donors (Lipinski definition) is 0. The SMILES string of the molecule is CCCc1nn(-c2ccccc2)c(C(C)C)c1C(=O)N1CCOCC1. The van der Waals surface area contributed by atoms with Gasteiger partial charge in [-0.3, -0.25) is 4.79 Å². The maximum Gasteiger partial charge on any atom is 0.257 e. The first kappa shape index (κ1) is 17.7. The van der Waals surface area contributed by atoms with Gasteiger partial charge >= 0.3 is 0 Å². The summed E-state index contributed by atoms with van der Waals surface area (Å²) >= 11 is 0. The van der Waals surface area contributed by atoms with Gasteiger partial charge < -0.3 is 9.64 Å². The number of rotatable bonds is 5. The minimum atomic E-state index is 0.0950. The smallest absolute Gasteiger partial charge is 0.257 e. The molecule has 1 aromatic heterocycles. The molecule has 0 N–H and O–H groups in total. The first-order valence-corrected chi connectivity index (χ1v) is 9.17. The van der Waals surface area contributed by atoms with Gasteiger partial charge in [0.1, 0.15) is 0 Å². The number of aryl methyl sites for hydroxylation is 1. The molecule has 2 heterocycles. The largest absolute Gasteiger partial charge is 0.378 e. The summed E-state index contributed by atoms with van der Waals surface area (Å²) in [6.07, 6.45) is 1.78. The van der Waals surface area contributed by atoms with Gasteiger partial charge in [-0.2, -0.15) is 5.10 Å². The summed E-state index contributed by atoms with van der Waals surface area (Å²) in [5.74, 6) is 0.302. The van der Waals surface area contributed by atoms with Crippen LogP contribution >= 0.6 is 0 Å². The Morgan fingerprint density at radius 1 is 1.20 bits per heavy atom. The number of para-hydroxylation sites is 1. The minimum Gasteiger partial charge on any atom is -0.378 e. The fourth-order valence-corrected chi connectivity index (χ4v) is 3.35. The molecular formula is C20H27N3O2. The van der Waals surface area contributed by atoms with Crippen LogP contribution in [0.1, 0.15) is 54.9 Å². The number of carbonyl (C=O) groups is 1. The zero-order valence-corrected chi connectivity index (χ0v) is 15.4. The Labute approximate surface area is 149 Å². The molecule has 25 heavy (non-hydrogen) atoms. The standard InChI is InChI=1S/C20H27N3O2/c1-4-8-17-18(20(24)22-11-13-25-14-12-22)19(15(2)3)23(21-17)16-9-6-5-7-10-16/h5-7,9-10,15H,4,8,11-14H2,1-3H3. The third kappa shape index (κ3) is 3.61.